The Balaban J connectivity index is 2.34. The van der Waals surface area contributed by atoms with Crippen LogP contribution in [0.4, 0.5) is 0 Å². The van der Waals surface area contributed by atoms with E-state index >= 15 is 0 Å². The quantitative estimate of drug-likeness (QED) is 0.184. The molecule has 2 nitrogen and oxygen atoms in total. The molecule has 26 heavy (non-hydrogen) atoms. The molecule has 146 valence electrons. The van der Waals surface area contributed by atoms with Gasteiger partial charge in [0.25, 0.3) is 0 Å². The zero-order valence-corrected chi connectivity index (χ0v) is 17.0. The Hall–Kier alpha value is -1.57. The normalized spacial score (nSPS) is 11.5. The number of carbonyl (C=O) groups excluding carboxylic acids is 1. The standard InChI is InChI=1S/C24H38O2/c1-3-5-7-9-10-13-17-22(16-12-8-6-4-2)20-21-26-24(25)23-18-14-11-15-19-23/h11,14-16,18-19H,3-10,12-13,17,20-21H2,1-2H3/b22-16+. The van der Waals surface area contributed by atoms with Crippen molar-refractivity contribution < 1.29 is 9.53 Å². The first-order valence-corrected chi connectivity index (χ1v) is 10.7. The molecule has 0 spiro atoms. The first kappa shape index (κ1) is 22.5. The molecular formula is C24H38O2. The van der Waals surface area contributed by atoms with Gasteiger partial charge < -0.3 is 4.74 Å². The number of hydrogen-bond acceptors (Lipinski definition) is 2. The second-order valence-corrected chi connectivity index (χ2v) is 7.13. The summed E-state index contributed by atoms with van der Waals surface area (Å²) in [6.45, 7) is 4.99. The predicted molar refractivity (Wildman–Crippen MR) is 112 cm³/mol. The zero-order chi connectivity index (χ0) is 18.9. The van der Waals surface area contributed by atoms with Gasteiger partial charge in [-0.05, 0) is 37.8 Å². The molecule has 1 aromatic rings. The van der Waals surface area contributed by atoms with E-state index < -0.39 is 0 Å². The van der Waals surface area contributed by atoms with Crippen molar-refractivity contribution in [1.82, 2.24) is 0 Å². The van der Waals surface area contributed by atoms with Gasteiger partial charge in [0.15, 0.2) is 0 Å². The van der Waals surface area contributed by atoms with Gasteiger partial charge in [0.1, 0.15) is 0 Å². The lowest BCUT2D eigenvalue weighted by Gasteiger charge is -2.10. The van der Waals surface area contributed by atoms with Crippen LogP contribution in [0.3, 0.4) is 0 Å². The van der Waals surface area contributed by atoms with Crippen LogP contribution >= 0.6 is 0 Å². The smallest absolute Gasteiger partial charge is 0.338 e. The SMILES string of the molecule is CCCCC/C=C(\CCCCCCCC)CCOC(=O)c1ccccc1. The lowest BCUT2D eigenvalue weighted by atomic mass is 10.0. The lowest BCUT2D eigenvalue weighted by molar-refractivity contribution is 0.0508. The number of esters is 1. The summed E-state index contributed by atoms with van der Waals surface area (Å²) < 4.78 is 5.47. The second-order valence-electron chi connectivity index (χ2n) is 7.13. The molecule has 0 saturated carbocycles. The molecular weight excluding hydrogens is 320 g/mol. The summed E-state index contributed by atoms with van der Waals surface area (Å²) in [5.41, 5.74) is 2.11. The van der Waals surface area contributed by atoms with E-state index in [9.17, 15) is 4.79 Å². The highest BCUT2D eigenvalue weighted by Gasteiger charge is 2.06. The minimum atomic E-state index is -0.213. The fourth-order valence-electron chi connectivity index (χ4n) is 3.09. The van der Waals surface area contributed by atoms with Crippen molar-refractivity contribution in [2.45, 2.75) is 90.9 Å². The molecule has 0 amide bonds. The molecule has 2 heteroatoms. The van der Waals surface area contributed by atoms with Gasteiger partial charge in [-0.15, -0.1) is 0 Å². The maximum Gasteiger partial charge on any atom is 0.338 e. The Morgan fingerprint density at radius 2 is 1.50 bits per heavy atom. The molecule has 0 aliphatic heterocycles. The molecule has 0 aromatic heterocycles. The van der Waals surface area contributed by atoms with Crippen LogP contribution in [0.2, 0.25) is 0 Å². The molecule has 0 heterocycles. The minimum Gasteiger partial charge on any atom is -0.462 e. The second kappa shape index (κ2) is 15.7. The number of ether oxygens (including phenoxy) is 1. The van der Waals surface area contributed by atoms with Gasteiger partial charge in [0, 0.05) is 6.42 Å². The van der Waals surface area contributed by atoms with E-state index in [1.807, 2.05) is 18.2 Å². The van der Waals surface area contributed by atoms with Crippen LogP contribution in [-0.2, 0) is 4.74 Å². The highest BCUT2D eigenvalue weighted by atomic mass is 16.5. The fourth-order valence-corrected chi connectivity index (χ4v) is 3.09. The van der Waals surface area contributed by atoms with E-state index in [1.165, 1.54) is 63.4 Å². The molecule has 0 aliphatic rings. The van der Waals surface area contributed by atoms with Crippen LogP contribution in [0.15, 0.2) is 42.0 Å². The van der Waals surface area contributed by atoms with Gasteiger partial charge in [0.2, 0.25) is 0 Å². The Morgan fingerprint density at radius 1 is 0.846 bits per heavy atom. The summed E-state index contributed by atoms with van der Waals surface area (Å²) >= 11 is 0. The first-order valence-electron chi connectivity index (χ1n) is 10.7. The first-order chi connectivity index (χ1) is 12.8. The Morgan fingerprint density at radius 3 is 2.23 bits per heavy atom. The molecule has 1 aromatic carbocycles. The monoisotopic (exact) mass is 358 g/mol. The van der Waals surface area contributed by atoms with E-state index in [-0.39, 0.29) is 5.97 Å². The molecule has 0 radical (unpaired) electrons. The van der Waals surface area contributed by atoms with Crippen LogP contribution in [0.1, 0.15) is 101 Å². The fraction of sp³-hybridized carbons (Fsp3) is 0.625. The van der Waals surface area contributed by atoms with Crippen molar-refractivity contribution in [2.24, 2.45) is 0 Å². The van der Waals surface area contributed by atoms with E-state index in [0.29, 0.717) is 12.2 Å². The zero-order valence-electron chi connectivity index (χ0n) is 17.0. The van der Waals surface area contributed by atoms with Crippen molar-refractivity contribution in [1.29, 1.82) is 0 Å². The lowest BCUT2D eigenvalue weighted by Crippen LogP contribution is -2.07. The number of rotatable bonds is 15. The third-order valence-electron chi connectivity index (χ3n) is 4.76. The third-order valence-corrected chi connectivity index (χ3v) is 4.76. The van der Waals surface area contributed by atoms with Crippen molar-refractivity contribution >= 4 is 5.97 Å². The van der Waals surface area contributed by atoms with Crippen molar-refractivity contribution in [3.8, 4) is 0 Å². The van der Waals surface area contributed by atoms with E-state index in [2.05, 4.69) is 19.9 Å². The summed E-state index contributed by atoms with van der Waals surface area (Å²) in [4.78, 5) is 12.0. The molecule has 0 atom stereocenters. The molecule has 0 aliphatic carbocycles. The number of hydrogen-bond donors (Lipinski definition) is 0. The summed E-state index contributed by atoms with van der Waals surface area (Å²) in [7, 11) is 0. The summed E-state index contributed by atoms with van der Waals surface area (Å²) in [5.74, 6) is -0.213. The highest BCUT2D eigenvalue weighted by Crippen LogP contribution is 2.17. The van der Waals surface area contributed by atoms with Gasteiger partial charge >= 0.3 is 5.97 Å². The summed E-state index contributed by atoms with van der Waals surface area (Å²) in [6.07, 6.45) is 17.3. The number of carbonyl (C=O) groups is 1. The molecule has 0 unspecified atom stereocenters. The van der Waals surface area contributed by atoms with Gasteiger partial charge in [-0.2, -0.15) is 0 Å². The number of allylic oxidation sites excluding steroid dienone is 1. The highest BCUT2D eigenvalue weighted by molar-refractivity contribution is 5.89. The topological polar surface area (TPSA) is 26.3 Å². The van der Waals surface area contributed by atoms with Gasteiger partial charge in [-0.1, -0.05) is 88.6 Å². The Kier molecular flexibility index (Phi) is 13.5. The van der Waals surface area contributed by atoms with Crippen molar-refractivity contribution in [2.75, 3.05) is 6.61 Å². The van der Waals surface area contributed by atoms with Crippen LogP contribution < -0.4 is 0 Å². The van der Waals surface area contributed by atoms with Gasteiger partial charge in [0.05, 0.1) is 12.2 Å². The maximum atomic E-state index is 12.0. The van der Waals surface area contributed by atoms with Crippen molar-refractivity contribution in [3.63, 3.8) is 0 Å². The average Bonchev–Trinajstić information content (AvgIpc) is 2.68. The predicted octanol–water partition coefficient (Wildman–Crippen LogP) is 7.49. The van der Waals surface area contributed by atoms with Crippen LogP contribution in [-0.4, -0.2) is 12.6 Å². The van der Waals surface area contributed by atoms with Crippen LogP contribution in [0.5, 0.6) is 0 Å². The Labute approximate surface area is 161 Å². The number of unbranched alkanes of at least 4 members (excludes halogenated alkanes) is 8. The van der Waals surface area contributed by atoms with Crippen LogP contribution in [0, 0.1) is 0 Å². The largest absolute Gasteiger partial charge is 0.462 e. The van der Waals surface area contributed by atoms with E-state index in [4.69, 9.17) is 4.74 Å². The van der Waals surface area contributed by atoms with Gasteiger partial charge in [-0.3, -0.25) is 0 Å². The molecule has 0 fully saturated rings. The average molecular weight is 359 g/mol. The Bertz CT molecular complexity index is 490. The van der Waals surface area contributed by atoms with E-state index in [0.717, 1.165) is 19.3 Å². The third kappa shape index (κ3) is 11.1. The van der Waals surface area contributed by atoms with Crippen LogP contribution in [0.25, 0.3) is 0 Å². The van der Waals surface area contributed by atoms with Crippen molar-refractivity contribution in [3.05, 3.63) is 47.5 Å². The molecule has 0 N–H and O–H groups in total. The molecule has 0 saturated heterocycles. The minimum absolute atomic E-state index is 0.213. The maximum absolute atomic E-state index is 12.0. The molecule has 0 bridgehead atoms. The number of benzene rings is 1. The summed E-state index contributed by atoms with van der Waals surface area (Å²) in [5, 5.41) is 0. The summed E-state index contributed by atoms with van der Waals surface area (Å²) in [6, 6.07) is 9.26. The van der Waals surface area contributed by atoms with E-state index in [1.54, 1.807) is 12.1 Å². The van der Waals surface area contributed by atoms with Gasteiger partial charge in [-0.25, -0.2) is 4.79 Å². The molecule has 1 rings (SSSR count).